The topological polar surface area (TPSA) is 55.4 Å². The average Bonchev–Trinajstić information content (AvgIpc) is 2.35. The zero-order chi connectivity index (χ0) is 12.0. The minimum Gasteiger partial charge on any atom is -0.447 e. The number of esters is 1. The Morgan fingerprint density at radius 1 is 1.31 bits per heavy atom. The molecule has 86 valence electrons. The maximum atomic E-state index is 11.6. The molecule has 0 radical (unpaired) electrons. The Morgan fingerprint density at radius 2 is 1.94 bits per heavy atom. The molecule has 0 spiro atoms. The van der Waals surface area contributed by atoms with Crippen molar-refractivity contribution in [3.8, 4) is 0 Å². The van der Waals surface area contributed by atoms with Gasteiger partial charge in [0, 0.05) is 19.0 Å². The second-order valence-corrected chi connectivity index (χ2v) is 3.25. The van der Waals surface area contributed by atoms with E-state index < -0.39 is 12.1 Å². The Labute approximate surface area is 94.6 Å². The molecule has 1 amide bonds. The van der Waals surface area contributed by atoms with Crippen molar-refractivity contribution in [3.05, 3.63) is 35.9 Å². The van der Waals surface area contributed by atoms with Crippen molar-refractivity contribution < 1.29 is 14.3 Å². The van der Waals surface area contributed by atoms with Crippen LogP contribution in [0.5, 0.6) is 0 Å². The first-order valence-corrected chi connectivity index (χ1v) is 5.15. The average molecular weight is 221 g/mol. The molecule has 0 saturated heterocycles. The molecular formula is C12H15NO3. The van der Waals surface area contributed by atoms with Crippen LogP contribution in [0.3, 0.4) is 0 Å². The summed E-state index contributed by atoms with van der Waals surface area (Å²) in [7, 11) is 1.51. The largest absolute Gasteiger partial charge is 0.447 e. The molecule has 0 aliphatic heterocycles. The number of benzene rings is 1. The highest BCUT2D eigenvalue weighted by molar-refractivity contribution is 5.84. The van der Waals surface area contributed by atoms with Crippen molar-refractivity contribution in [2.75, 3.05) is 7.05 Å². The predicted octanol–water partition coefficient (Wildman–Crippen LogP) is 1.43. The van der Waals surface area contributed by atoms with Crippen LogP contribution in [-0.4, -0.2) is 18.9 Å². The van der Waals surface area contributed by atoms with Gasteiger partial charge in [-0.3, -0.25) is 9.59 Å². The minimum atomic E-state index is -0.862. The molecule has 0 bridgehead atoms. The van der Waals surface area contributed by atoms with E-state index in [1.807, 2.05) is 6.07 Å². The first-order chi connectivity index (χ1) is 7.69. The molecule has 1 N–H and O–H groups in total. The van der Waals surface area contributed by atoms with Gasteiger partial charge in [0.15, 0.2) is 0 Å². The van der Waals surface area contributed by atoms with Crippen LogP contribution in [0.15, 0.2) is 30.3 Å². The van der Waals surface area contributed by atoms with Crippen LogP contribution >= 0.6 is 0 Å². The van der Waals surface area contributed by atoms with Gasteiger partial charge in [-0.1, -0.05) is 37.3 Å². The van der Waals surface area contributed by atoms with Gasteiger partial charge >= 0.3 is 5.97 Å². The maximum Gasteiger partial charge on any atom is 0.306 e. The fraction of sp³-hybridized carbons (Fsp3) is 0.333. The molecule has 1 aromatic rings. The maximum absolute atomic E-state index is 11.6. The molecule has 1 aromatic carbocycles. The van der Waals surface area contributed by atoms with Crippen molar-refractivity contribution in [1.29, 1.82) is 0 Å². The van der Waals surface area contributed by atoms with Crippen molar-refractivity contribution >= 4 is 11.9 Å². The highest BCUT2D eigenvalue weighted by Gasteiger charge is 2.22. The number of hydrogen-bond acceptors (Lipinski definition) is 3. The fourth-order valence-corrected chi connectivity index (χ4v) is 1.25. The molecule has 16 heavy (non-hydrogen) atoms. The molecule has 0 aliphatic rings. The Bertz CT molecular complexity index is 362. The van der Waals surface area contributed by atoms with Gasteiger partial charge < -0.3 is 10.1 Å². The number of carbonyl (C=O) groups excluding carboxylic acids is 2. The summed E-state index contributed by atoms with van der Waals surface area (Å²) in [5, 5.41) is 2.48. The van der Waals surface area contributed by atoms with Crippen molar-refractivity contribution in [3.63, 3.8) is 0 Å². The Kier molecular flexibility index (Phi) is 4.51. The van der Waals surface area contributed by atoms with Crippen molar-refractivity contribution in [1.82, 2.24) is 5.32 Å². The van der Waals surface area contributed by atoms with E-state index in [1.54, 1.807) is 31.2 Å². The number of nitrogens with one attached hydrogen (secondary N) is 1. The molecule has 4 heteroatoms. The summed E-state index contributed by atoms with van der Waals surface area (Å²) in [4.78, 5) is 22.8. The van der Waals surface area contributed by atoms with E-state index >= 15 is 0 Å². The van der Waals surface area contributed by atoms with Crippen LogP contribution in [0.1, 0.15) is 25.0 Å². The highest BCUT2D eigenvalue weighted by atomic mass is 16.5. The summed E-state index contributed by atoms with van der Waals surface area (Å²) in [6, 6.07) is 8.94. The molecule has 1 atom stereocenters. The fourth-order valence-electron chi connectivity index (χ4n) is 1.25. The second kappa shape index (κ2) is 5.90. The van der Waals surface area contributed by atoms with E-state index in [0.717, 1.165) is 0 Å². The van der Waals surface area contributed by atoms with Crippen molar-refractivity contribution in [2.24, 2.45) is 0 Å². The lowest BCUT2D eigenvalue weighted by Crippen LogP contribution is -2.29. The Balaban J connectivity index is 2.88. The van der Waals surface area contributed by atoms with Crippen LogP contribution in [0.4, 0.5) is 0 Å². The minimum absolute atomic E-state index is 0.250. The number of ether oxygens (including phenoxy) is 1. The third-order valence-corrected chi connectivity index (χ3v) is 2.12. The molecule has 4 nitrogen and oxygen atoms in total. The van der Waals surface area contributed by atoms with Gasteiger partial charge in [0.1, 0.15) is 0 Å². The zero-order valence-corrected chi connectivity index (χ0v) is 9.40. The van der Waals surface area contributed by atoms with Gasteiger partial charge in [-0.15, -0.1) is 0 Å². The van der Waals surface area contributed by atoms with E-state index in [1.165, 1.54) is 7.05 Å². The molecule has 0 saturated carbocycles. The number of amides is 1. The number of hydrogen-bond donors (Lipinski definition) is 1. The third kappa shape index (κ3) is 3.08. The summed E-state index contributed by atoms with van der Waals surface area (Å²) in [6.07, 6.45) is -0.612. The predicted molar refractivity (Wildman–Crippen MR) is 59.6 cm³/mol. The molecule has 1 unspecified atom stereocenters. The van der Waals surface area contributed by atoms with E-state index in [9.17, 15) is 9.59 Å². The van der Waals surface area contributed by atoms with E-state index in [2.05, 4.69) is 5.32 Å². The van der Waals surface area contributed by atoms with Crippen LogP contribution < -0.4 is 5.32 Å². The highest BCUT2D eigenvalue weighted by Crippen LogP contribution is 2.17. The first-order valence-electron chi connectivity index (χ1n) is 5.15. The summed E-state index contributed by atoms with van der Waals surface area (Å²) in [6.45, 7) is 1.69. The molecular weight excluding hydrogens is 206 g/mol. The zero-order valence-electron chi connectivity index (χ0n) is 9.40. The van der Waals surface area contributed by atoms with Crippen LogP contribution in [0, 0.1) is 0 Å². The van der Waals surface area contributed by atoms with Gasteiger partial charge in [0.25, 0.3) is 5.91 Å². The van der Waals surface area contributed by atoms with Crippen molar-refractivity contribution in [2.45, 2.75) is 19.4 Å². The molecule has 1 rings (SSSR count). The number of likely N-dealkylation sites (N-methyl/N-ethyl adjacent to an activating group) is 1. The van der Waals surface area contributed by atoms with E-state index in [-0.39, 0.29) is 12.3 Å². The van der Waals surface area contributed by atoms with E-state index in [4.69, 9.17) is 4.74 Å². The van der Waals surface area contributed by atoms with Crippen LogP contribution in [-0.2, 0) is 14.3 Å². The summed E-state index contributed by atoms with van der Waals surface area (Å²) >= 11 is 0. The lowest BCUT2D eigenvalue weighted by Gasteiger charge is -2.16. The third-order valence-electron chi connectivity index (χ3n) is 2.12. The number of rotatable bonds is 4. The summed E-state index contributed by atoms with van der Waals surface area (Å²) in [5.41, 5.74) is 0.670. The molecule has 0 heterocycles. The smallest absolute Gasteiger partial charge is 0.306 e. The summed E-state index contributed by atoms with van der Waals surface area (Å²) in [5.74, 6) is -0.717. The van der Waals surface area contributed by atoms with Crippen LogP contribution in [0.25, 0.3) is 0 Å². The van der Waals surface area contributed by atoms with Gasteiger partial charge in [-0.25, -0.2) is 0 Å². The summed E-state index contributed by atoms with van der Waals surface area (Å²) < 4.78 is 5.09. The SMILES string of the molecule is CCC(=O)OC(C(=O)NC)c1ccccc1. The normalized spacial score (nSPS) is 11.6. The standard InChI is InChI=1S/C12H15NO3/c1-3-10(14)16-11(12(15)13-2)9-7-5-4-6-8-9/h4-8,11H,3H2,1-2H3,(H,13,15). The second-order valence-electron chi connectivity index (χ2n) is 3.25. The van der Waals surface area contributed by atoms with Crippen LogP contribution in [0.2, 0.25) is 0 Å². The molecule has 0 fully saturated rings. The lowest BCUT2D eigenvalue weighted by atomic mass is 10.1. The first kappa shape index (κ1) is 12.2. The van der Waals surface area contributed by atoms with Gasteiger partial charge in [-0.2, -0.15) is 0 Å². The van der Waals surface area contributed by atoms with Gasteiger partial charge in [-0.05, 0) is 0 Å². The number of carbonyl (C=O) groups is 2. The molecule has 0 aromatic heterocycles. The molecule has 0 aliphatic carbocycles. The quantitative estimate of drug-likeness (QED) is 0.782. The Morgan fingerprint density at radius 3 is 2.44 bits per heavy atom. The lowest BCUT2D eigenvalue weighted by molar-refractivity contribution is -0.156. The monoisotopic (exact) mass is 221 g/mol. The Hall–Kier alpha value is -1.84. The van der Waals surface area contributed by atoms with Gasteiger partial charge in [0.2, 0.25) is 6.10 Å². The van der Waals surface area contributed by atoms with Gasteiger partial charge in [0.05, 0.1) is 0 Å². The van der Waals surface area contributed by atoms with E-state index in [0.29, 0.717) is 5.56 Å².